The monoisotopic (exact) mass is 142 g/mol. The smallest absolute Gasteiger partial charge is 0.175 e. The molecule has 0 aromatic heterocycles. The summed E-state index contributed by atoms with van der Waals surface area (Å²) in [5.41, 5.74) is 0. The van der Waals surface area contributed by atoms with Crippen LogP contribution >= 0.6 is 0 Å². The molecule has 3 nitrogen and oxygen atoms in total. The van der Waals surface area contributed by atoms with Crippen molar-refractivity contribution in [3.63, 3.8) is 0 Å². The first kappa shape index (κ1) is 9.18. The zero-order valence-corrected chi connectivity index (χ0v) is 5.58. The average Bonchev–Trinajstić information content (AvgIpc) is 1.98. The van der Waals surface area contributed by atoms with Gasteiger partial charge in [0.05, 0.1) is 0 Å². The third-order valence-corrected chi connectivity index (χ3v) is 0.732. The molecule has 0 aromatic carbocycles. The highest BCUT2D eigenvalue weighted by Crippen LogP contribution is 1.84. The molecule has 56 valence electrons. The van der Waals surface area contributed by atoms with Crippen LogP contribution in [0.15, 0.2) is 12.7 Å². The van der Waals surface area contributed by atoms with Crippen molar-refractivity contribution < 1.29 is 14.9 Å². The van der Waals surface area contributed by atoms with Crippen LogP contribution in [0.4, 0.5) is 0 Å². The van der Waals surface area contributed by atoms with Gasteiger partial charge in [-0.2, -0.15) is 0 Å². The number of hydrogen-bond acceptors (Lipinski definition) is 3. The van der Waals surface area contributed by atoms with Crippen LogP contribution in [0.1, 0.15) is 0 Å². The van der Waals surface area contributed by atoms with E-state index in [4.69, 9.17) is 10.2 Å². The quantitative estimate of drug-likeness (QED) is 0.317. The summed E-state index contributed by atoms with van der Waals surface area (Å²) in [4.78, 5) is 0. The van der Waals surface area contributed by atoms with Crippen molar-refractivity contribution in [2.24, 2.45) is 0 Å². The maximum atomic E-state index is 8.69. The van der Waals surface area contributed by atoms with E-state index in [2.05, 4.69) is 23.2 Å². The Morgan fingerprint density at radius 1 is 1.60 bits per heavy atom. The molecule has 0 aliphatic carbocycles. The summed E-state index contributed by atoms with van der Waals surface area (Å²) < 4.78 is 4.65. The summed E-state index contributed by atoms with van der Waals surface area (Å²) in [7, 11) is 0. The van der Waals surface area contributed by atoms with E-state index in [1.54, 1.807) is 0 Å². The first-order valence-corrected chi connectivity index (χ1v) is 2.80. The van der Waals surface area contributed by atoms with Crippen molar-refractivity contribution in [3.05, 3.63) is 12.7 Å². The van der Waals surface area contributed by atoms with Crippen LogP contribution in [0.3, 0.4) is 0 Å². The third kappa shape index (κ3) is 5.32. The molecule has 0 amide bonds. The molecule has 0 saturated carbocycles. The van der Waals surface area contributed by atoms with Crippen molar-refractivity contribution >= 4 is 0 Å². The van der Waals surface area contributed by atoms with Gasteiger partial charge in [0.1, 0.15) is 13.2 Å². The minimum absolute atomic E-state index is 0.105. The second-order valence-electron chi connectivity index (χ2n) is 1.45. The Kier molecular flexibility index (Phi) is 5.79. The summed E-state index contributed by atoms with van der Waals surface area (Å²) in [5.74, 6) is 4.83. The van der Waals surface area contributed by atoms with Crippen molar-refractivity contribution in [2.45, 2.75) is 6.29 Å². The lowest BCUT2D eigenvalue weighted by molar-refractivity contribution is -0.0499. The summed E-state index contributed by atoms with van der Waals surface area (Å²) in [6.45, 7) is 3.20. The number of rotatable bonds is 3. The van der Waals surface area contributed by atoms with Gasteiger partial charge in [-0.3, -0.25) is 0 Å². The molecule has 0 bridgehead atoms. The van der Waals surface area contributed by atoms with Gasteiger partial charge in [0, 0.05) is 0 Å². The van der Waals surface area contributed by atoms with Gasteiger partial charge in [-0.05, 0) is 6.08 Å². The summed E-state index contributed by atoms with van der Waals surface area (Å²) in [5, 5.41) is 16.9. The van der Waals surface area contributed by atoms with Gasteiger partial charge in [0.2, 0.25) is 0 Å². The molecular weight excluding hydrogens is 132 g/mol. The van der Waals surface area contributed by atoms with Crippen LogP contribution in [-0.4, -0.2) is 29.7 Å². The predicted octanol–water partition coefficient (Wildman–Crippen LogP) is -0.497. The molecule has 0 aliphatic heterocycles. The van der Waals surface area contributed by atoms with E-state index in [0.29, 0.717) is 0 Å². The summed E-state index contributed by atoms with van der Waals surface area (Å²) in [6.07, 6.45) is 0.286. The molecule has 0 spiro atoms. The van der Waals surface area contributed by atoms with E-state index in [9.17, 15) is 0 Å². The Morgan fingerprint density at radius 2 is 2.30 bits per heavy atom. The zero-order valence-electron chi connectivity index (χ0n) is 5.58. The molecular formula is C7H10O3. The molecule has 10 heavy (non-hydrogen) atoms. The van der Waals surface area contributed by atoms with E-state index in [-0.39, 0.29) is 13.2 Å². The van der Waals surface area contributed by atoms with Gasteiger partial charge in [-0.25, -0.2) is 0 Å². The molecule has 0 radical (unpaired) electrons. The second-order valence-corrected chi connectivity index (χ2v) is 1.45. The normalized spacial score (nSPS) is 11.4. The molecule has 1 unspecified atom stereocenters. The first-order valence-electron chi connectivity index (χ1n) is 2.80. The molecule has 3 heteroatoms. The van der Waals surface area contributed by atoms with Crippen LogP contribution in [0.25, 0.3) is 0 Å². The number of hydrogen-bond donors (Lipinski definition) is 2. The van der Waals surface area contributed by atoms with E-state index in [1.807, 2.05) is 0 Å². The van der Waals surface area contributed by atoms with Gasteiger partial charge in [0.15, 0.2) is 6.29 Å². The molecule has 0 aliphatic rings. The van der Waals surface area contributed by atoms with E-state index in [1.165, 1.54) is 6.08 Å². The van der Waals surface area contributed by atoms with Crippen molar-refractivity contribution in [2.75, 3.05) is 13.2 Å². The number of ether oxygens (including phenoxy) is 1. The van der Waals surface area contributed by atoms with Crippen LogP contribution < -0.4 is 0 Å². The van der Waals surface area contributed by atoms with Crippen LogP contribution in [0, 0.1) is 11.8 Å². The van der Waals surface area contributed by atoms with E-state index in [0.717, 1.165) is 0 Å². The predicted molar refractivity (Wildman–Crippen MR) is 37.0 cm³/mol. The Bertz CT molecular complexity index is 143. The molecule has 0 saturated heterocycles. The SMILES string of the molecule is C=CC(O)OCC#CCO. The van der Waals surface area contributed by atoms with Crippen LogP contribution in [0.5, 0.6) is 0 Å². The van der Waals surface area contributed by atoms with Gasteiger partial charge in [0.25, 0.3) is 0 Å². The van der Waals surface area contributed by atoms with Crippen molar-refractivity contribution in [1.82, 2.24) is 0 Å². The maximum Gasteiger partial charge on any atom is 0.175 e. The molecule has 0 heterocycles. The largest absolute Gasteiger partial charge is 0.384 e. The minimum Gasteiger partial charge on any atom is -0.384 e. The molecule has 1 atom stereocenters. The fraction of sp³-hybridized carbons (Fsp3) is 0.429. The van der Waals surface area contributed by atoms with Gasteiger partial charge >= 0.3 is 0 Å². The average molecular weight is 142 g/mol. The Labute approximate surface area is 59.9 Å². The molecule has 2 N–H and O–H groups in total. The maximum absolute atomic E-state index is 8.69. The fourth-order valence-corrected chi connectivity index (χ4v) is 0.302. The summed E-state index contributed by atoms with van der Waals surface area (Å²) in [6, 6.07) is 0. The first-order chi connectivity index (χ1) is 4.81. The molecule has 0 fully saturated rings. The third-order valence-electron chi connectivity index (χ3n) is 0.732. The standard InChI is InChI=1S/C7H10O3/c1-2-7(9)10-6-4-3-5-8/h2,7-9H,1,5-6H2. The Hall–Kier alpha value is -0.820. The number of aliphatic hydroxyl groups excluding tert-OH is 2. The fourth-order valence-electron chi connectivity index (χ4n) is 0.302. The van der Waals surface area contributed by atoms with Crippen molar-refractivity contribution in [3.8, 4) is 11.8 Å². The van der Waals surface area contributed by atoms with Crippen LogP contribution in [-0.2, 0) is 4.74 Å². The van der Waals surface area contributed by atoms with Crippen LogP contribution in [0.2, 0.25) is 0 Å². The highest BCUT2D eigenvalue weighted by atomic mass is 16.6. The highest BCUT2D eigenvalue weighted by Gasteiger charge is 1.91. The second kappa shape index (κ2) is 6.30. The summed E-state index contributed by atoms with van der Waals surface area (Å²) >= 11 is 0. The Morgan fingerprint density at radius 3 is 2.80 bits per heavy atom. The minimum atomic E-state index is -0.965. The molecule has 0 aromatic rings. The highest BCUT2D eigenvalue weighted by molar-refractivity contribution is 4.98. The van der Waals surface area contributed by atoms with Gasteiger partial charge in [-0.1, -0.05) is 18.4 Å². The van der Waals surface area contributed by atoms with E-state index >= 15 is 0 Å². The lowest BCUT2D eigenvalue weighted by Gasteiger charge is -2.01. The zero-order chi connectivity index (χ0) is 7.82. The van der Waals surface area contributed by atoms with Crippen molar-refractivity contribution in [1.29, 1.82) is 0 Å². The lowest BCUT2D eigenvalue weighted by atomic mass is 10.6. The van der Waals surface area contributed by atoms with Gasteiger partial charge in [-0.15, -0.1) is 0 Å². The van der Waals surface area contributed by atoms with E-state index < -0.39 is 6.29 Å². The Balaban J connectivity index is 3.27. The van der Waals surface area contributed by atoms with Gasteiger partial charge < -0.3 is 14.9 Å². The number of aliphatic hydroxyl groups is 2. The molecule has 0 rings (SSSR count). The topological polar surface area (TPSA) is 49.7 Å². The lowest BCUT2D eigenvalue weighted by Crippen LogP contribution is -2.07.